The van der Waals surface area contributed by atoms with Crippen molar-refractivity contribution in [2.75, 3.05) is 19.6 Å². The summed E-state index contributed by atoms with van der Waals surface area (Å²) in [4.78, 5) is 208. The SMILES string of the molecule is CC[C@H](C)[C@H](NC(=O)[C@H](CC(=O)O)NC(=O)[C@H](CCCNC(=N)N)NC(=O)[C@@H](N)Cc1ccc(O)cc1)C(=O)N[C@@H](Cc1ccc(O)cc1)C(=O)N[C@@H](CCC(=O)O)C(=O)N[C@H](C(=O)N[C@@H](CC(=O)O)C(=O)N[C@@H](Cc1ccc(O)cc1)C(=O)N[C@@H](Cc1ccc(O)cc1)C(=O)N[C@@H](CCCNC(=N)N)C(=O)N[C@@H](CCCCN)C(N)=O)[C@@H](C)O. The van der Waals surface area contributed by atoms with E-state index in [4.69, 9.17) is 39.5 Å². The molecule has 33 N–H and O–H groups in total. The van der Waals surface area contributed by atoms with Gasteiger partial charge in [-0.25, -0.2) is 0 Å². The number of aliphatic hydroxyl groups excluding tert-OH is 1. The van der Waals surface area contributed by atoms with Gasteiger partial charge in [-0.15, -0.1) is 0 Å². The van der Waals surface area contributed by atoms with Crippen molar-refractivity contribution >= 4 is 101 Å². The number of aliphatic hydroxyl groups is 1. The zero-order chi connectivity index (χ0) is 89.5. The van der Waals surface area contributed by atoms with Crippen LogP contribution in [-0.2, 0) is 97.6 Å². The average molecular weight is 1680 g/mol. The largest absolute Gasteiger partial charge is 0.508 e. The van der Waals surface area contributed by atoms with Crippen LogP contribution in [0, 0.1) is 16.7 Å². The van der Waals surface area contributed by atoms with Crippen molar-refractivity contribution in [1.82, 2.24) is 69.1 Å². The van der Waals surface area contributed by atoms with E-state index in [2.05, 4.69) is 69.1 Å². The van der Waals surface area contributed by atoms with Gasteiger partial charge in [-0.2, -0.15) is 0 Å². The van der Waals surface area contributed by atoms with Crippen LogP contribution >= 0.6 is 0 Å². The molecule has 0 saturated carbocycles. The number of primary amides is 1. The van der Waals surface area contributed by atoms with E-state index in [1.807, 2.05) is 0 Å². The first-order valence-corrected chi connectivity index (χ1v) is 38.4. The maximum atomic E-state index is 14.9. The Bertz CT molecular complexity index is 4180. The number of guanidine groups is 2. The first-order valence-electron chi connectivity index (χ1n) is 38.4. The molecule has 0 aliphatic rings. The number of carboxylic acid groups (broad SMARTS) is 3. The highest BCUT2D eigenvalue weighted by atomic mass is 16.4. The summed E-state index contributed by atoms with van der Waals surface area (Å²) in [6.45, 7) is 4.31. The van der Waals surface area contributed by atoms with Crippen LogP contribution in [-0.4, -0.2) is 240 Å². The minimum Gasteiger partial charge on any atom is -0.508 e. The number of rotatable bonds is 53. The molecule has 0 saturated heterocycles. The van der Waals surface area contributed by atoms with E-state index in [-0.39, 0.29) is 98.7 Å². The van der Waals surface area contributed by atoms with Gasteiger partial charge in [-0.3, -0.25) is 82.7 Å². The Balaban J connectivity index is 1.68. The Labute approximate surface area is 689 Å². The summed E-state index contributed by atoms with van der Waals surface area (Å²) >= 11 is 0. The first kappa shape index (κ1) is 98.9. The molecule has 0 fully saturated rings. The number of unbranched alkanes of at least 4 members (excludes halogenated alkanes) is 1. The molecule has 0 unspecified atom stereocenters. The highest BCUT2D eigenvalue weighted by Gasteiger charge is 2.40. The molecule has 4 rings (SSSR count). The lowest BCUT2D eigenvalue weighted by molar-refractivity contribution is -0.142. The topological polar surface area (TPSA) is 752 Å². The van der Waals surface area contributed by atoms with Gasteiger partial charge < -0.3 is 139 Å². The second-order valence-corrected chi connectivity index (χ2v) is 28.5. The highest BCUT2D eigenvalue weighted by Crippen LogP contribution is 2.19. The number of carboxylic acids is 3. The van der Waals surface area contributed by atoms with Crippen molar-refractivity contribution in [3.63, 3.8) is 0 Å². The molecule has 120 heavy (non-hydrogen) atoms. The summed E-state index contributed by atoms with van der Waals surface area (Å²) in [5.41, 5.74) is 29.6. The smallest absolute Gasteiger partial charge is 0.305 e. The van der Waals surface area contributed by atoms with Gasteiger partial charge in [-0.05, 0) is 148 Å². The Morgan fingerprint density at radius 2 is 0.650 bits per heavy atom. The van der Waals surface area contributed by atoms with Crippen molar-refractivity contribution in [3.05, 3.63) is 119 Å². The Morgan fingerprint density at radius 3 is 1.01 bits per heavy atom. The number of nitrogens with one attached hydrogen (secondary N) is 15. The number of phenols is 4. The molecular weight excluding hydrogens is 1570 g/mol. The molecule has 0 radical (unpaired) electrons. The number of hydrogen-bond donors (Lipinski definition) is 28. The maximum absolute atomic E-state index is 14.9. The molecule has 0 aliphatic carbocycles. The molecule has 43 nitrogen and oxygen atoms in total. The van der Waals surface area contributed by atoms with Crippen molar-refractivity contribution in [2.24, 2.45) is 34.6 Å². The van der Waals surface area contributed by atoms with Crippen LogP contribution in [0.1, 0.15) is 120 Å². The monoisotopic (exact) mass is 1680 g/mol. The van der Waals surface area contributed by atoms with Gasteiger partial charge in [0.1, 0.15) is 89.5 Å². The fraction of sp³-hybridized carbons (Fsp3) is 0.468. The molecule has 0 bridgehead atoms. The number of aliphatic carboxylic acids is 3. The van der Waals surface area contributed by atoms with Gasteiger partial charge in [0.15, 0.2) is 11.9 Å². The summed E-state index contributed by atoms with van der Waals surface area (Å²) in [6, 6.07) is 0.180. The predicted octanol–water partition coefficient (Wildman–Crippen LogP) is -5.18. The predicted molar refractivity (Wildman–Crippen MR) is 429 cm³/mol. The van der Waals surface area contributed by atoms with Gasteiger partial charge in [0.05, 0.1) is 25.0 Å². The molecule has 0 aromatic heterocycles. The first-order chi connectivity index (χ1) is 56.7. The van der Waals surface area contributed by atoms with E-state index in [9.17, 15) is 113 Å². The molecule has 0 heterocycles. The Hall–Kier alpha value is -13.5. The second-order valence-electron chi connectivity index (χ2n) is 28.5. The number of phenolic OH excluding ortho intramolecular Hbond substituents is 4. The molecule has 12 amide bonds. The molecule has 4 aromatic carbocycles. The Kier molecular flexibility index (Phi) is 41.4. The van der Waals surface area contributed by atoms with E-state index < -0.39 is 230 Å². The zero-order valence-corrected chi connectivity index (χ0v) is 66.3. The lowest BCUT2D eigenvalue weighted by atomic mass is 9.96. The second kappa shape index (κ2) is 50.2. The molecule has 14 atom stereocenters. The van der Waals surface area contributed by atoms with Crippen molar-refractivity contribution in [2.45, 2.75) is 202 Å². The molecule has 0 aliphatic heterocycles. The van der Waals surface area contributed by atoms with Gasteiger partial charge in [-0.1, -0.05) is 68.8 Å². The van der Waals surface area contributed by atoms with E-state index in [1.165, 1.54) is 104 Å². The third-order valence-corrected chi connectivity index (χ3v) is 18.8. The van der Waals surface area contributed by atoms with Crippen LogP contribution in [0.3, 0.4) is 0 Å². The van der Waals surface area contributed by atoms with Crippen LogP contribution in [0.5, 0.6) is 23.0 Å². The number of aromatic hydroxyl groups is 4. The molecule has 0 spiro atoms. The minimum atomic E-state index is -2.23. The number of carbonyl (C=O) groups excluding carboxylic acids is 12. The summed E-state index contributed by atoms with van der Waals surface area (Å²) in [5.74, 6) is -21.4. The summed E-state index contributed by atoms with van der Waals surface area (Å²) in [6.07, 6.45) is -6.80. The minimum absolute atomic E-state index is 0.0102. The van der Waals surface area contributed by atoms with Crippen molar-refractivity contribution < 1.29 is 113 Å². The molecule has 656 valence electrons. The maximum Gasteiger partial charge on any atom is 0.305 e. The average Bonchev–Trinajstić information content (AvgIpc) is 0.835. The normalized spacial score (nSPS) is 14.5. The van der Waals surface area contributed by atoms with E-state index in [0.717, 1.165) is 6.92 Å². The number of hydrogen-bond acceptors (Lipinski definition) is 24. The van der Waals surface area contributed by atoms with Crippen LogP contribution in [0.25, 0.3) is 0 Å². The quantitative estimate of drug-likeness (QED) is 0.0112. The lowest BCUT2D eigenvalue weighted by Crippen LogP contribution is -2.63. The summed E-state index contributed by atoms with van der Waals surface area (Å²) in [7, 11) is 0. The number of carbonyl (C=O) groups is 15. The summed E-state index contributed by atoms with van der Waals surface area (Å²) in [5, 5.41) is 128. The summed E-state index contributed by atoms with van der Waals surface area (Å²) < 4.78 is 0. The zero-order valence-electron chi connectivity index (χ0n) is 66.3. The van der Waals surface area contributed by atoms with E-state index in [0.29, 0.717) is 24.0 Å². The van der Waals surface area contributed by atoms with Crippen LogP contribution in [0.4, 0.5) is 0 Å². The third kappa shape index (κ3) is 36.0. The van der Waals surface area contributed by atoms with Crippen molar-refractivity contribution in [3.8, 4) is 23.0 Å². The fourth-order valence-electron chi connectivity index (χ4n) is 11.9. The lowest BCUT2D eigenvalue weighted by Gasteiger charge is -2.30. The van der Waals surface area contributed by atoms with Crippen molar-refractivity contribution in [1.29, 1.82) is 10.8 Å². The van der Waals surface area contributed by atoms with Gasteiger partial charge in [0.2, 0.25) is 70.9 Å². The number of benzene rings is 4. The van der Waals surface area contributed by atoms with Gasteiger partial charge in [0, 0.05) is 38.8 Å². The van der Waals surface area contributed by atoms with Gasteiger partial charge in [0.25, 0.3) is 0 Å². The van der Waals surface area contributed by atoms with E-state index in [1.54, 1.807) is 6.92 Å². The van der Waals surface area contributed by atoms with Gasteiger partial charge >= 0.3 is 17.9 Å². The fourth-order valence-corrected chi connectivity index (χ4v) is 11.9. The van der Waals surface area contributed by atoms with Crippen LogP contribution in [0.15, 0.2) is 97.1 Å². The number of amides is 12. The third-order valence-electron chi connectivity index (χ3n) is 18.8. The molecule has 4 aromatic rings. The van der Waals surface area contributed by atoms with Crippen LogP contribution in [0.2, 0.25) is 0 Å². The van der Waals surface area contributed by atoms with E-state index >= 15 is 0 Å². The number of nitrogens with two attached hydrogens (primary N) is 5. The van der Waals surface area contributed by atoms with Crippen LogP contribution < -0.4 is 97.8 Å². The highest BCUT2D eigenvalue weighted by molar-refractivity contribution is 6.01. The molecule has 43 heteroatoms. The standard InChI is InChI=1S/C77H110N20O23/c1-4-39(2)62(96-73(118)58(38-61(107)108)93-67(112)51(10-7-31-85-76(81)82)88-65(110)49(79)33-41-12-20-45(99)21-13-41)74(119)94-56(36-44-18-26-48(102)27-19-44)70(115)90-53(28-29-59(103)104)68(113)97-63(40(3)98)75(120)95-57(37-60(105)106)72(117)92-55(35-43-16-24-47(101)25-17-43)71(116)91-54(34-42-14-22-46(100)23-15-42)69(114)89-52(11-8-32-86-77(83)84)66(111)87-50(64(80)109)9-5-6-30-78/h12-27,39-40,49-58,62-63,98-102H,4-11,28-38,78-79H2,1-3H3,(H2,80,109)(H,87,111)(H,88,110)(H,89,114)(H,90,115)(H,91,116)(H,92,117)(H,93,112)(H,94,119)(H,95,120)(H,96,118)(H,97,113)(H,103,104)(H,105,106)(H,107,108)(H4,81,82,85)(H4,83,84,86)/t39-,40+,49-,50-,51-,52-,53-,54-,55-,56-,57-,58-,62-,63-/m0/s1. The molecular formula is C77H110N20O23. The Morgan fingerprint density at radius 1 is 0.358 bits per heavy atom.